The number of sulfone groups is 1. The Bertz CT molecular complexity index is 553. The molecule has 1 fully saturated rings. The molecule has 0 aromatic heterocycles. The minimum atomic E-state index is -2.99. The molecule has 0 spiro atoms. The number of aryl methyl sites for hydroxylation is 1. The lowest BCUT2D eigenvalue weighted by Gasteiger charge is -2.41. The zero-order valence-electron chi connectivity index (χ0n) is 9.78. The quantitative estimate of drug-likeness (QED) is 0.864. The van der Waals surface area contributed by atoms with Crippen LogP contribution in [0.15, 0.2) is 23.1 Å². The molecular formula is C13H17NO2S. The van der Waals surface area contributed by atoms with Crippen LogP contribution >= 0.6 is 0 Å². The third-order valence-electron chi connectivity index (χ3n) is 4.35. The first-order valence-electron chi connectivity index (χ1n) is 6.14. The van der Waals surface area contributed by atoms with Gasteiger partial charge in [0.05, 0.1) is 10.6 Å². The Morgan fingerprint density at radius 2 is 2.06 bits per heavy atom. The molecule has 0 amide bonds. The first-order valence-corrected chi connectivity index (χ1v) is 7.79. The van der Waals surface area contributed by atoms with Crippen LogP contribution in [0.4, 0.5) is 0 Å². The molecule has 1 aromatic rings. The third-order valence-corrected chi connectivity index (χ3v) is 6.16. The number of hydrogen-bond acceptors (Lipinski definition) is 3. The van der Waals surface area contributed by atoms with Crippen LogP contribution in [-0.2, 0) is 21.7 Å². The Kier molecular flexibility index (Phi) is 2.35. The molecule has 1 aliphatic heterocycles. The van der Waals surface area contributed by atoms with Gasteiger partial charge in [0.1, 0.15) is 0 Å². The molecular weight excluding hydrogens is 234 g/mol. The zero-order chi connectivity index (χ0) is 12.1. The average molecular weight is 251 g/mol. The van der Waals surface area contributed by atoms with Crippen molar-refractivity contribution in [1.82, 2.24) is 0 Å². The first-order chi connectivity index (χ1) is 8.07. The van der Waals surface area contributed by atoms with E-state index in [2.05, 4.69) is 6.07 Å². The zero-order valence-corrected chi connectivity index (χ0v) is 10.6. The average Bonchev–Trinajstić information content (AvgIpc) is 2.54. The van der Waals surface area contributed by atoms with E-state index in [-0.39, 0.29) is 11.2 Å². The highest BCUT2D eigenvalue weighted by atomic mass is 32.2. The maximum absolute atomic E-state index is 11.7. The van der Waals surface area contributed by atoms with Gasteiger partial charge in [-0.1, -0.05) is 18.6 Å². The fraction of sp³-hybridized carbons (Fsp3) is 0.538. The lowest BCUT2D eigenvalue weighted by atomic mass is 9.64. The summed E-state index contributed by atoms with van der Waals surface area (Å²) >= 11 is 0. The van der Waals surface area contributed by atoms with Crippen LogP contribution in [0, 0.1) is 0 Å². The van der Waals surface area contributed by atoms with Gasteiger partial charge in [-0.15, -0.1) is 0 Å². The molecule has 92 valence electrons. The Hall–Kier alpha value is -0.870. The van der Waals surface area contributed by atoms with Gasteiger partial charge < -0.3 is 5.73 Å². The molecule has 0 radical (unpaired) electrons. The van der Waals surface area contributed by atoms with Crippen LogP contribution in [-0.4, -0.2) is 20.7 Å². The smallest absolute Gasteiger partial charge is 0.178 e. The number of fused-ring (bicyclic) bond motifs is 1. The van der Waals surface area contributed by atoms with Crippen molar-refractivity contribution < 1.29 is 8.42 Å². The van der Waals surface area contributed by atoms with Crippen LogP contribution in [0.1, 0.15) is 30.4 Å². The predicted octanol–water partition coefficient (Wildman–Crippen LogP) is 1.40. The summed E-state index contributed by atoms with van der Waals surface area (Å²) in [5.41, 5.74) is 8.23. The van der Waals surface area contributed by atoms with Gasteiger partial charge in [0.2, 0.25) is 0 Å². The van der Waals surface area contributed by atoms with E-state index in [0.717, 1.165) is 18.4 Å². The van der Waals surface area contributed by atoms with E-state index in [1.165, 1.54) is 12.0 Å². The summed E-state index contributed by atoms with van der Waals surface area (Å²) in [6.07, 6.45) is 4.16. The minimum absolute atomic E-state index is 0.126. The summed E-state index contributed by atoms with van der Waals surface area (Å²) in [4.78, 5) is 0.535. The van der Waals surface area contributed by atoms with Crippen LogP contribution in [0.25, 0.3) is 0 Å². The summed E-state index contributed by atoms with van der Waals surface area (Å²) in [5.74, 6) is 0.265. The number of nitrogens with two attached hydrogens (primary N) is 1. The number of benzene rings is 1. The summed E-state index contributed by atoms with van der Waals surface area (Å²) in [5, 5.41) is 0. The molecule has 1 heterocycles. The molecule has 2 N–H and O–H groups in total. The normalized spacial score (nSPS) is 24.1. The maximum Gasteiger partial charge on any atom is 0.178 e. The molecule has 1 aliphatic carbocycles. The van der Waals surface area contributed by atoms with Gasteiger partial charge in [-0.3, -0.25) is 0 Å². The summed E-state index contributed by atoms with van der Waals surface area (Å²) in [6.45, 7) is 0.665. The fourth-order valence-electron chi connectivity index (χ4n) is 2.98. The third kappa shape index (κ3) is 1.54. The molecule has 0 unspecified atom stereocenters. The molecule has 1 saturated carbocycles. The van der Waals surface area contributed by atoms with Crippen molar-refractivity contribution in [2.45, 2.75) is 36.0 Å². The van der Waals surface area contributed by atoms with Gasteiger partial charge in [0.25, 0.3) is 0 Å². The first kappa shape index (κ1) is 11.2. The molecule has 1 aromatic carbocycles. The molecule has 0 atom stereocenters. The molecule has 3 nitrogen and oxygen atoms in total. The van der Waals surface area contributed by atoms with Gasteiger partial charge >= 0.3 is 0 Å². The van der Waals surface area contributed by atoms with Crippen molar-refractivity contribution in [2.75, 3.05) is 12.3 Å². The highest BCUT2D eigenvalue weighted by Crippen LogP contribution is 2.44. The highest BCUT2D eigenvalue weighted by Gasteiger charge is 2.38. The monoisotopic (exact) mass is 251 g/mol. The maximum atomic E-state index is 11.7. The van der Waals surface area contributed by atoms with Crippen molar-refractivity contribution in [3.63, 3.8) is 0 Å². The van der Waals surface area contributed by atoms with Gasteiger partial charge in [0.15, 0.2) is 9.84 Å². The minimum Gasteiger partial charge on any atom is -0.330 e. The largest absolute Gasteiger partial charge is 0.330 e. The van der Waals surface area contributed by atoms with Gasteiger partial charge in [-0.05, 0) is 36.5 Å². The fourth-order valence-corrected chi connectivity index (χ4v) is 4.52. The number of rotatable bonds is 2. The Labute approximate surface area is 102 Å². The molecule has 3 rings (SSSR count). The van der Waals surface area contributed by atoms with Crippen LogP contribution in [0.5, 0.6) is 0 Å². The second-order valence-corrected chi connectivity index (χ2v) is 7.31. The molecule has 17 heavy (non-hydrogen) atoms. The van der Waals surface area contributed by atoms with Crippen molar-refractivity contribution >= 4 is 9.84 Å². The van der Waals surface area contributed by atoms with Crippen LogP contribution < -0.4 is 5.73 Å². The number of hydrogen-bond donors (Lipinski definition) is 1. The van der Waals surface area contributed by atoms with E-state index in [9.17, 15) is 8.42 Å². The van der Waals surface area contributed by atoms with E-state index in [1.54, 1.807) is 6.07 Å². The topological polar surface area (TPSA) is 60.2 Å². The Morgan fingerprint density at radius 1 is 1.29 bits per heavy atom. The SMILES string of the molecule is NCC1(c2ccc3c(c2)CCS3(=O)=O)CCC1. The van der Waals surface area contributed by atoms with Gasteiger partial charge in [-0.25, -0.2) is 8.42 Å². The second-order valence-electron chi connectivity index (χ2n) is 5.23. The van der Waals surface area contributed by atoms with E-state index >= 15 is 0 Å². The van der Waals surface area contributed by atoms with Crippen molar-refractivity contribution in [2.24, 2.45) is 5.73 Å². The van der Waals surface area contributed by atoms with Gasteiger partial charge in [-0.2, -0.15) is 0 Å². The molecule has 4 heteroatoms. The van der Waals surface area contributed by atoms with Crippen molar-refractivity contribution in [3.8, 4) is 0 Å². The molecule has 0 bridgehead atoms. The van der Waals surface area contributed by atoms with Gasteiger partial charge in [0, 0.05) is 12.0 Å². The Morgan fingerprint density at radius 3 is 2.65 bits per heavy atom. The van der Waals surface area contributed by atoms with E-state index in [0.29, 0.717) is 17.9 Å². The van der Waals surface area contributed by atoms with Crippen LogP contribution in [0.2, 0.25) is 0 Å². The summed E-state index contributed by atoms with van der Waals surface area (Å²) in [7, 11) is -2.99. The molecule has 0 saturated heterocycles. The predicted molar refractivity (Wildman–Crippen MR) is 66.8 cm³/mol. The Balaban J connectivity index is 2.06. The van der Waals surface area contributed by atoms with Crippen LogP contribution in [0.3, 0.4) is 0 Å². The van der Waals surface area contributed by atoms with E-state index in [1.807, 2.05) is 6.07 Å². The molecule has 2 aliphatic rings. The summed E-state index contributed by atoms with van der Waals surface area (Å²) < 4.78 is 23.5. The lowest BCUT2D eigenvalue weighted by molar-refractivity contribution is 0.253. The standard InChI is InChI=1S/C13H17NO2S/c14-9-13(5-1-6-13)11-2-3-12-10(8-11)4-7-17(12,15)16/h2-3,8H,1,4-7,9,14H2. The summed E-state index contributed by atoms with van der Waals surface area (Å²) in [6, 6.07) is 5.82. The van der Waals surface area contributed by atoms with E-state index in [4.69, 9.17) is 5.73 Å². The lowest BCUT2D eigenvalue weighted by Crippen LogP contribution is -2.41. The van der Waals surface area contributed by atoms with Crippen molar-refractivity contribution in [3.05, 3.63) is 29.3 Å². The van der Waals surface area contributed by atoms with E-state index < -0.39 is 9.84 Å². The van der Waals surface area contributed by atoms with Crippen molar-refractivity contribution in [1.29, 1.82) is 0 Å². The second kappa shape index (κ2) is 3.56. The highest BCUT2D eigenvalue weighted by molar-refractivity contribution is 7.91.